The molecule has 3 aromatic heterocycles. The number of urea groups is 1. The highest BCUT2D eigenvalue weighted by atomic mass is 35.5. The number of hydrogen-bond acceptors (Lipinski definition) is 9. The van der Waals surface area contributed by atoms with Crippen LogP contribution in [-0.2, 0) is 10.0 Å². The minimum absolute atomic E-state index is 0.0380. The van der Waals surface area contributed by atoms with Crippen LogP contribution in [0.3, 0.4) is 0 Å². The molecule has 0 atom stereocenters. The average molecular weight is 442 g/mol. The fraction of sp³-hybridized carbons (Fsp3) is 0.267. The Balaban J connectivity index is 1.89. The van der Waals surface area contributed by atoms with Gasteiger partial charge < -0.3 is 9.47 Å². The number of aromatic nitrogens is 5. The van der Waals surface area contributed by atoms with Gasteiger partial charge in [0.05, 0.1) is 19.9 Å². The molecular formula is C15H16ClN7O5S. The van der Waals surface area contributed by atoms with Gasteiger partial charge in [0.25, 0.3) is 10.0 Å². The summed E-state index contributed by atoms with van der Waals surface area (Å²) < 4.78 is 38.8. The monoisotopic (exact) mass is 441 g/mol. The van der Waals surface area contributed by atoms with Crippen LogP contribution in [0.2, 0.25) is 5.15 Å². The predicted octanol–water partition coefficient (Wildman–Crippen LogP) is 1.40. The van der Waals surface area contributed by atoms with Crippen LogP contribution in [0.4, 0.5) is 10.7 Å². The molecule has 0 fully saturated rings. The number of methoxy groups -OCH3 is 1. The van der Waals surface area contributed by atoms with Crippen molar-refractivity contribution in [2.75, 3.05) is 19.0 Å². The van der Waals surface area contributed by atoms with E-state index < -0.39 is 21.1 Å². The molecule has 0 bridgehead atoms. The maximum atomic E-state index is 12.8. The van der Waals surface area contributed by atoms with Gasteiger partial charge in [-0.05, 0) is 26.0 Å². The number of anilines is 1. The molecule has 0 aromatic carbocycles. The summed E-state index contributed by atoms with van der Waals surface area (Å²) in [5.74, 6) is 0.482. The molecule has 2 N–H and O–H groups in total. The SMILES string of the molecule is CCOc1ccc2nc(Cl)c(S(=O)(=O)NC(=O)Nc3nc(C)nc(OC)n3)n2c1. The van der Waals surface area contributed by atoms with Crippen LogP contribution in [0.1, 0.15) is 12.7 Å². The first-order valence-corrected chi connectivity index (χ1v) is 10.0. The molecule has 3 heterocycles. The largest absolute Gasteiger partial charge is 0.492 e. The molecule has 12 nitrogen and oxygen atoms in total. The summed E-state index contributed by atoms with van der Waals surface area (Å²) in [5.41, 5.74) is 0.261. The predicted molar refractivity (Wildman–Crippen MR) is 102 cm³/mol. The molecule has 0 saturated heterocycles. The third kappa shape index (κ3) is 4.46. The molecule has 0 aliphatic heterocycles. The number of hydrogen-bond donors (Lipinski definition) is 2. The Labute approximate surface area is 170 Å². The second-order valence-electron chi connectivity index (χ2n) is 5.49. The minimum atomic E-state index is -4.40. The first kappa shape index (κ1) is 20.5. The summed E-state index contributed by atoms with van der Waals surface area (Å²) in [6, 6.07) is 2.01. The summed E-state index contributed by atoms with van der Waals surface area (Å²) in [4.78, 5) is 27.8. The van der Waals surface area contributed by atoms with Gasteiger partial charge in [-0.15, -0.1) is 0 Å². The van der Waals surface area contributed by atoms with Crippen LogP contribution in [0.25, 0.3) is 5.65 Å². The number of rotatable bonds is 6. The zero-order chi connectivity index (χ0) is 21.2. The lowest BCUT2D eigenvalue weighted by Crippen LogP contribution is -2.35. The highest BCUT2D eigenvalue weighted by Crippen LogP contribution is 2.25. The molecule has 154 valence electrons. The number of nitrogens with one attached hydrogen (secondary N) is 2. The summed E-state index contributed by atoms with van der Waals surface area (Å²) in [6.45, 7) is 3.72. The van der Waals surface area contributed by atoms with Crippen molar-refractivity contribution < 1.29 is 22.7 Å². The van der Waals surface area contributed by atoms with E-state index in [0.29, 0.717) is 12.4 Å². The molecule has 0 saturated carbocycles. The van der Waals surface area contributed by atoms with Gasteiger partial charge in [0, 0.05) is 0 Å². The van der Waals surface area contributed by atoms with Crippen LogP contribution >= 0.6 is 11.6 Å². The van der Waals surface area contributed by atoms with Crippen LogP contribution in [0.15, 0.2) is 23.4 Å². The van der Waals surface area contributed by atoms with Crippen molar-refractivity contribution in [3.63, 3.8) is 0 Å². The number of ether oxygens (including phenoxy) is 2. The topological polar surface area (TPSA) is 150 Å². The Morgan fingerprint density at radius 3 is 2.69 bits per heavy atom. The smallest absolute Gasteiger partial charge is 0.335 e. The van der Waals surface area contributed by atoms with Gasteiger partial charge in [-0.2, -0.15) is 23.4 Å². The normalized spacial score (nSPS) is 11.3. The van der Waals surface area contributed by atoms with Gasteiger partial charge in [0.15, 0.2) is 10.2 Å². The van der Waals surface area contributed by atoms with Crippen LogP contribution in [0.5, 0.6) is 11.8 Å². The van der Waals surface area contributed by atoms with Gasteiger partial charge in [0.2, 0.25) is 5.95 Å². The Hall–Kier alpha value is -3.19. The molecule has 0 aliphatic rings. The number of carbonyl (C=O) groups is 1. The van der Waals surface area contributed by atoms with Crippen molar-refractivity contribution >= 4 is 39.3 Å². The van der Waals surface area contributed by atoms with E-state index in [1.165, 1.54) is 23.8 Å². The Morgan fingerprint density at radius 2 is 2.00 bits per heavy atom. The lowest BCUT2D eigenvalue weighted by Gasteiger charge is -2.09. The summed E-state index contributed by atoms with van der Waals surface area (Å²) in [7, 11) is -3.06. The number of halogens is 1. The minimum Gasteiger partial charge on any atom is -0.492 e. The van der Waals surface area contributed by atoms with Gasteiger partial charge in [0.1, 0.15) is 17.2 Å². The van der Waals surface area contributed by atoms with E-state index in [-0.39, 0.29) is 28.6 Å². The number of amides is 2. The van der Waals surface area contributed by atoms with Crippen molar-refractivity contribution in [2.24, 2.45) is 0 Å². The number of nitrogens with zero attached hydrogens (tertiary/aromatic N) is 5. The van der Waals surface area contributed by atoms with E-state index in [1.54, 1.807) is 19.9 Å². The quantitative estimate of drug-likeness (QED) is 0.578. The summed E-state index contributed by atoms with van der Waals surface area (Å²) in [6.07, 6.45) is 1.41. The number of carbonyl (C=O) groups excluding carboxylic acids is 1. The van der Waals surface area contributed by atoms with Gasteiger partial charge >= 0.3 is 12.0 Å². The average Bonchev–Trinajstić information content (AvgIpc) is 2.96. The van der Waals surface area contributed by atoms with E-state index in [2.05, 4.69) is 25.3 Å². The molecule has 14 heteroatoms. The number of aryl methyl sites for hydroxylation is 1. The fourth-order valence-electron chi connectivity index (χ4n) is 2.37. The third-order valence-electron chi connectivity index (χ3n) is 3.44. The van der Waals surface area contributed by atoms with Crippen LogP contribution < -0.4 is 19.5 Å². The third-order valence-corrected chi connectivity index (χ3v) is 5.16. The first-order chi connectivity index (χ1) is 13.7. The van der Waals surface area contributed by atoms with Crippen molar-refractivity contribution in [2.45, 2.75) is 18.9 Å². The standard InChI is InChI=1S/C15H16ClN7O5S/c1-4-28-9-5-6-10-19-11(16)12(23(10)7-9)29(25,26)22-14(24)20-13-17-8(2)18-15(21-13)27-3/h5-7H,4H2,1-3H3,(H2,17,18,20,21,22,24). The van der Waals surface area contributed by atoms with Crippen molar-refractivity contribution in [3.05, 3.63) is 29.3 Å². The fourth-order valence-corrected chi connectivity index (χ4v) is 3.92. The molecule has 29 heavy (non-hydrogen) atoms. The Kier molecular flexibility index (Phi) is 5.70. The number of pyridine rings is 1. The lowest BCUT2D eigenvalue weighted by molar-refractivity contribution is 0.256. The molecule has 2 amide bonds. The summed E-state index contributed by atoms with van der Waals surface area (Å²) >= 11 is 6.01. The molecular weight excluding hydrogens is 426 g/mol. The zero-order valence-corrected chi connectivity index (χ0v) is 17.1. The van der Waals surface area contributed by atoms with E-state index in [1.807, 2.05) is 4.72 Å². The van der Waals surface area contributed by atoms with E-state index in [4.69, 9.17) is 21.1 Å². The molecule has 0 radical (unpaired) electrons. The highest BCUT2D eigenvalue weighted by Gasteiger charge is 2.27. The maximum absolute atomic E-state index is 12.8. The number of sulfonamides is 1. The van der Waals surface area contributed by atoms with E-state index in [0.717, 1.165) is 0 Å². The van der Waals surface area contributed by atoms with Crippen LogP contribution in [-0.4, -0.2) is 52.5 Å². The van der Waals surface area contributed by atoms with Crippen molar-refractivity contribution in [3.8, 4) is 11.8 Å². The number of imidazole rings is 1. The van der Waals surface area contributed by atoms with Gasteiger partial charge in [-0.25, -0.2) is 14.5 Å². The molecule has 3 rings (SSSR count). The lowest BCUT2D eigenvalue weighted by atomic mass is 10.4. The van der Waals surface area contributed by atoms with Crippen molar-refractivity contribution in [1.29, 1.82) is 0 Å². The molecule has 3 aromatic rings. The Morgan fingerprint density at radius 1 is 1.24 bits per heavy atom. The molecule has 0 spiro atoms. The van der Waals surface area contributed by atoms with Gasteiger partial charge in [-0.1, -0.05) is 11.6 Å². The highest BCUT2D eigenvalue weighted by molar-refractivity contribution is 7.90. The van der Waals surface area contributed by atoms with Gasteiger partial charge in [-0.3, -0.25) is 9.72 Å². The van der Waals surface area contributed by atoms with E-state index >= 15 is 0 Å². The van der Waals surface area contributed by atoms with E-state index in [9.17, 15) is 13.2 Å². The molecule has 0 unspecified atom stereocenters. The zero-order valence-electron chi connectivity index (χ0n) is 15.5. The number of fused-ring (bicyclic) bond motifs is 1. The maximum Gasteiger partial charge on any atom is 0.335 e. The van der Waals surface area contributed by atoms with Crippen LogP contribution in [0, 0.1) is 6.92 Å². The molecule has 0 aliphatic carbocycles. The Bertz CT molecular complexity index is 1180. The first-order valence-electron chi connectivity index (χ1n) is 8.14. The summed E-state index contributed by atoms with van der Waals surface area (Å²) in [5, 5.41) is 1.48. The van der Waals surface area contributed by atoms with Crippen molar-refractivity contribution in [1.82, 2.24) is 29.1 Å². The second-order valence-corrected chi connectivity index (χ2v) is 7.44. The second kappa shape index (κ2) is 8.05.